The van der Waals surface area contributed by atoms with Crippen LogP contribution in [0, 0.1) is 0 Å². The molecule has 9 heteroatoms. The second-order valence-electron chi connectivity index (χ2n) is 8.66. The van der Waals surface area contributed by atoms with Crippen LogP contribution in [0.2, 0.25) is 0 Å². The Kier molecular flexibility index (Phi) is 5.67. The molecule has 6 rings (SSSR count). The number of aliphatic hydroxyl groups excluding tert-OH is 1. The molecule has 4 heterocycles. The molecular formula is C27H23N5O4. The first-order valence-corrected chi connectivity index (χ1v) is 11.8. The smallest absolute Gasteiger partial charge is 0.293 e. The molecule has 1 fully saturated rings. The summed E-state index contributed by atoms with van der Waals surface area (Å²) in [6.45, 7) is 1.06. The van der Waals surface area contributed by atoms with Gasteiger partial charge in [0.1, 0.15) is 5.52 Å². The summed E-state index contributed by atoms with van der Waals surface area (Å²) < 4.78 is 10.9. The van der Waals surface area contributed by atoms with Crippen molar-refractivity contribution in [2.24, 2.45) is 0 Å². The standard InChI is InChI=1S/C27H23N5O4/c33-16-20-6-2-12-32(20)19-5-1-4-18(14-19)25-21-15-17(8-9-23(21)31-36-25)22-10-11-28-27(29-22)30-26(34)24-7-3-13-35-24/h1,3-5,7-11,13-15,20,33H,2,6,12,16H2,(H,28,29,30,34). The van der Waals surface area contributed by atoms with Gasteiger partial charge in [-0.3, -0.25) is 10.1 Å². The highest BCUT2D eigenvalue weighted by molar-refractivity contribution is 6.01. The SMILES string of the molecule is O=C(Nc1nccc(-c2ccc3noc(-c4cccc(N5CCCC5CO)c4)c3c2)n1)c1ccco1. The number of hydrogen-bond donors (Lipinski definition) is 2. The van der Waals surface area contributed by atoms with Crippen LogP contribution in [0.25, 0.3) is 33.5 Å². The maximum atomic E-state index is 12.3. The lowest BCUT2D eigenvalue weighted by molar-refractivity contribution is 0.0996. The van der Waals surface area contributed by atoms with Gasteiger partial charge < -0.3 is 18.9 Å². The van der Waals surface area contributed by atoms with Crippen LogP contribution in [-0.4, -0.2) is 45.3 Å². The zero-order valence-corrected chi connectivity index (χ0v) is 19.3. The van der Waals surface area contributed by atoms with Crippen molar-refractivity contribution < 1.29 is 18.8 Å². The van der Waals surface area contributed by atoms with Crippen LogP contribution in [0.4, 0.5) is 11.6 Å². The van der Waals surface area contributed by atoms with E-state index in [9.17, 15) is 9.90 Å². The summed E-state index contributed by atoms with van der Waals surface area (Å²) >= 11 is 0. The van der Waals surface area contributed by atoms with Crippen molar-refractivity contribution in [3.05, 3.63) is 78.9 Å². The summed E-state index contributed by atoms with van der Waals surface area (Å²) in [6.07, 6.45) is 5.07. The number of benzene rings is 2. The number of amides is 1. The summed E-state index contributed by atoms with van der Waals surface area (Å²) in [4.78, 5) is 23.2. The van der Waals surface area contributed by atoms with Crippen molar-refractivity contribution in [3.8, 4) is 22.6 Å². The molecular weight excluding hydrogens is 458 g/mol. The average molecular weight is 482 g/mol. The number of aliphatic hydroxyl groups is 1. The number of carbonyl (C=O) groups excluding carboxylic acids is 1. The topological polar surface area (TPSA) is 118 Å². The molecule has 180 valence electrons. The normalized spacial score (nSPS) is 15.5. The van der Waals surface area contributed by atoms with Crippen molar-refractivity contribution in [3.63, 3.8) is 0 Å². The van der Waals surface area contributed by atoms with Gasteiger partial charge in [-0.1, -0.05) is 23.4 Å². The van der Waals surface area contributed by atoms with E-state index in [1.54, 1.807) is 24.4 Å². The third kappa shape index (κ3) is 4.09. The van der Waals surface area contributed by atoms with Crippen LogP contribution in [0.15, 0.2) is 82.1 Å². The molecule has 0 bridgehead atoms. The number of furan rings is 1. The minimum atomic E-state index is -0.421. The Morgan fingerprint density at radius 3 is 2.92 bits per heavy atom. The molecule has 1 unspecified atom stereocenters. The van der Waals surface area contributed by atoms with E-state index in [2.05, 4.69) is 37.5 Å². The quantitative estimate of drug-likeness (QED) is 0.357. The molecule has 0 spiro atoms. The fourth-order valence-corrected chi connectivity index (χ4v) is 4.65. The molecule has 1 amide bonds. The van der Waals surface area contributed by atoms with Gasteiger partial charge in [0.2, 0.25) is 5.95 Å². The molecule has 36 heavy (non-hydrogen) atoms. The highest BCUT2D eigenvalue weighted by atomic mass is 16.5. The molecule has 2 N–H and O–H groups in total. The Bertz CT molecular complexity index is 1530. The summed E-state index contributed by atoms with van der Waals surface area (Å²) in [7, 11) is 0. The van der Waals surface area contributed by atoms with Gasteiger partial charge in [-0.2, -0.15) is 0 Å². The lowest BCUT2D eigenvalue weighted by Gasteiger charge is -2.25. The third-order valence-electron chi connectivity index (χ3n) is 6.43. The summed E-state index contributed by atoms with van der Waals surface area (Å²) in [5, 5.41) is 17.5. The number of anilines is 2. The second kappa shape index (κ2) is 9.27. The van der Waals surface area contributed by atoms with E-state index in [0.717, 1.165) is 47.1 Å². The van der Waals surface area contributed by atoms with Gasteiger partial charge >= 0.3 is 0 Å². The Morgan fingerprint density at radius 2 is 2.06 bits per heavy atom. The van der Waals surface area contributed by atoms with E-state index in [4.69, 9.17) is 8.94 Å². The van der Waals surface area contributed by atoms with Gasteiger partial charge in [-0.25, -0.2) is 9.97 Å². The predicted molar refractivity (Wildman–Crippen MR) is 135 cm³/mol. The maximum Gasteiger partial charge on any atom is 0.293 e. The zero-order valence-electron chi connectivity index (χ0n) is 19.3. The zero-order chi connectivity index (χ0) is 24.5. The first-order valence-electron chi connectivity index (χ1n) is 11.8. The van der Waals surface area contributed by atoms with Crippen molar-refractivity contribution >= 4 is 28.4 Å². The van der Waals surface area contributed by atoms with E-state index >= 15 is 0 Å². The fraction of sp³-hybridized carbons (Fsp3) is 0.185. The number of nitrogens with zero attached hydrogens (tertiary/aromatic N) is 4. The maximum absolute atomic E-state index is 12.3. The Labute approximate surface area is 206 Å². The molecule has 0 saturated carbocycles. The number of nitrogens with one attached hydrogen (secondary N) is 1. The Hall–Kier alpha value is -4.50. The van der Waals surface area contributed by atoms with Crippen molar-refractivity contribution in [2.75, 3.05) is 23.4 Å². The van der Waals surface area contributed by atoms with E-state index in [-0.39, 0.29) is 24.4 Å². The van der Waals surface area contributed by atoms with Gasteiger partial charge in [0.15, 0.2) is 11.5 Å². The van der Waals surface area contributed by atoms with E-state index in [1.165, 1.54) is 6.26 Å². The number of hydrogen-bond acceptors (Lipinski definition) is 8. The van der Waals surface area contributed by atoms with Gasteiger partial charge in [0.25, 0.3) is 5.91 Å². The number of rotatable bonds is 6. The first kappa shape index (κ1) is 22.0. The van der Waals surface area contributed by atoms with E-state index < -0.39 is 5.91 Å². The lowest BCUT2D eigenvalue weighted by atomic mass is 10.0. The number of fused-ring (bicyclic) bond motifs is 1. The van der Waals surface area contributed by atoms with Crippen LogP contribution in [-0.2, 0) is 0 Å². The van der Waals surface area contributed by atoms with Crippen molar-refractivity contribution in [1.29, 1.82) is 0 Å². The van der Waals surface area contributed by atoms with Gasteiger partial charge in [-0.05, 0) is 55.3 Å². The Balaban J connectivity index is 1.32. The van der Waals surface area contributed by atoms with Crippen LogP contribution >= 0.6 is 0 Å². The van der Waals surface area contributed by atoms with Crippen molar-refractivity contribution in [2.45, 2.75) is 18.9 Å². The molecule has 0 aliphatic carbocycles. The van der Waals surface area contributed by atoms with Gasteiger partial charge in [0, 0.05) is 29.6 Å². The highest BCUT2D eigenvalue weighted by Gasteiger charge is 2.24. The van der Waals surface area contributed by atoms with E-state index in [0.29, 0.717) is 11.5 Å². The Morgan fingerprint density at radius 1 is 1.11 bits per heavy atom. The van der Waals surface area contributed by atoms with Gasteiger partial charge in [-0.15, -0.1) is 0 Å². The molecule has 9 nitrogen and oxygen atoms in total. The molecule has 0 radical (unpaired) electrons. The molecule has 5 aromatic rings. The number of carbonyl (C=O) groups is 1. The molecule has 1 aliphatic rings. The largest absolute Gasteiger partial charge is 0.459 e. The van der Waals surface area contributed by atoms with Crippen LogP contribution in [0.5, 0.6) is 0 Å². The average Bonchev–Trinajstić information content (AvgIpc) is 3.69. The van der Waals surface area contributed by atoms with Crippen LogP contribution < -0.4 is 10.2 Å². The fourth-order valence-electron chi connectivity index (χ4n) is 4.65. The third-order valence-corrected chi connectivity index (χ3v) is 6.43. The molecule has 1 aliphatic heterocycles. The minimum absolute atomic E-state index is 0.138. The highest BCUT2D eigenvalue weighted by Crippen LogP contribution is 2.35. The molecule has 3 aromatic heterocycles. The summed E-state index contributed by atoms with van der Waals surface area (Å²) in [6, 6.07) is 19.0. The molecule has 1 saturated heterocycles. The van der Waals surface area contributed by atoms with Crippen LogP contribution in [0.3, 0.4) is 0 Å². The molecule has 2 aromatic carbocycles. The predicted octanol–water partition coefficient (Wildman–Crippen LogP) is 4.76. The summed E-state index contributed by atoms with van der Waals surface area (Å²) in [5.41, 5.74) is 4.17. The lowest BCUT2D eigenvalue weighted by Crippen LogP contribution is -2.31. The van der Waals surface area contributed by atoms with E-state index in [1.807, 2.05) is 30.3 Å². The van der Waals surface area contributed by atoms with Crippen molar-refractivity contribution in [1.82, 2.24) is 15.1 Å². The minimum Gasteiger partial charge on any atom is -0.459 e. The monoisotopic (exact) mass is 481 g/mol. The van der Waals surface area contributed by atoms with Crippen LogP contribution in [0.1, 0.15) is 23.4 Å². The summed E-state index contributed by atoms with van der Waals surface area (Å²) in [5.74, 6) is 0.599. The second-order valence-corrected chi connectivity index (χ2v) is 8.66. The number of aromatic nitrogens is 3. The molecule has 1 atom stereocenters. The van der Waals surface area contributed by atoms with Gasteiger partial charge in [0.05, 0.1) is 30.0 Å². The first-order chi connectivity index (χ1) is 17.7.